The Hall–Kier alpha value is -3.55. The van der Waals surface area contributed by atoms with Crippen LogP contribution in [0.25, 0.3) is 11.3 Å². The van der Waals surface area contributed by atoms with Crippen LogP contribution in [-0.2, 0) is 23.3 Å². The van der Waals surface area contributed by atoms with Crippen LogP contribution in [0.5, 0.6) is 5.75 Å². The maximum atomic E-state index is 5.89. The monoisotopic (exact) mass is 498 g/mol. The van der Waals surface area contributed by atoms with Gasteiger partial charge in [0.15, 0.2) is 5.76 Å². The highest BCUT2D eigenvalue weighted by Crippen LogP contribution is 2.39. The molecular formula is C30H34N4O3. The Kier molecular flexibility index (Phi) is 7.63. The summed E-state index contributed by atoms with van der Waals surface area (Å²) in [4.78, 5) is 11.5. The zero-order valence-electron chi connectivity index (χ0n) is 21.8. The molecule has 1 fully saturated rings. The SMILES string of the molecule is CC(C)[C@@](C)(c1ccc(-c2cc(CN3CCOCC3)no2)cc1)c1ccc(OCc2ccccn2)cn1. The van der Waals surface area contributed by atoms with E-state index in [0.717, 1.165) is 67.0 Å². The van der Waals surface area contributed by atoms with E-state index < -0.39 is 0 Å². The van der Waals surface area contributed by atoms with Gasteiger partial charge in [-0.2, -0.15) is 0 Å². The molecule has 3 aromatic heterocycles. The number of rotatable bonds is 9. The maximum Gasteiger partial charge on any atom is 0.167 e. The minimum Gasteiger partial charge on any atom is -0.486 e. The highest BCUT2D eigenvalue weighted by Gasteiger charge is 2.34. The van der Waals surface area contributed by atoms with Crippen molar-refractivity contribution in [1.29, 1.82) is 0 Å². The number of hydrogen-bond acceptors (Lipinski definition) is 7. The minimum atomic E-state index is -0.263. The van der Waals surface area contributed by atoms with Gasteiger partial charge in [0.05, 0.1) is 36.5 Å². The molecule has 7 nitrogen and oxygen atoms in total. The van der Waals surface area contributed by atoms with Gasteiger partial charge < -0.3 is 14.0 Å². The third kappa shape index (κ3) is 5.73. The van der Waals surface area contributed by atoms with Gasteiger partial charge >= 0.3 is 0 Å². The molecule has 7 heteroatoms. The lowest BCUT2D eigenvalue weighted by atomic mass is 9.70. The van der Waals surface area contributed by atoms with E-state index in [2.05, 4.69) is 66.1 Å². The van der Waals surface area contributed by atoms with Crippen molar-refractivity contribution in [2.24, 2.45) is 5.92 Å². The molecule has 0 bridgehead atoms. The first-order valence-electron chi connectivity index (χ1n) is 12.9. The van der Waals surface area contributed by atoms with E-state index in [0.29, 0.717) is 12.5 Å². The van der Waals surface area contributed by atoms with E-state index in [1.54, 1.807) is 12.4 Å². The van der Waals surface area contributed by atoms with Crippen molar-refractivity contribution in [1.82, 2.24) is 20.0 Å². The van der Waals surface area contributed by atoms with Gasteiger partial charge in [-0.25, -0.2) is 0 Å². The Bertz CT molecular complexity index is 1270. The fraction of sp³-hybridized carbons (Fsp3) is 0.367. The Morgan fingerprint density at radius 3 is 2.46 bits per heavy atom. The Balaban J connectivity index is 1.29. The fourth-order valence-electron chi connectivity index (χ4n) is 4.68. The van der Waals surface area contributed by atoms with Crippen molar-refractivity contribution in [3.63, 3.8) is 0 Å². The number of aromatic nitrogens is 3. The summed E-state index contributed by atoms with van der Waals surface area (Å²) in [6.07, 6.45) is 3.57. The molecule has 1 aliphatic rings. The quantitative estimate of drug-likeness (QED) is 0.301. The molecule has 1 saturated heterocycles. The summed E-state index contributed by atoms with van der Waals surface area (Å²) in [6, 6.07) is 20.5. The van der Waals surface area contributed by atoms with E-state index in [4.69, 9.17) is 19.0 Å². The first kappa shape index (κ1) is 25.1. The van der Waals surface area contributed by atoms with Crippen LogP contribution in [-0.4, -0.2) is 46.3 Å². The number of hydrogen-bond donors (Lipinski definition) is 0. The van der Waals surface area contributed by atoms with Crippen LogP contribution in [0.15, 0.2) is 77.6 Å². The number of pyridine rings is 2. The van der Waals surface area contributed by atoms with Crippen LogP contribution in [0.2, 0.25) is 0 Å². The highest BCUT2D eigenvalue weighted by atomic mass is 16.5. The summed E-state index contributed by atoms with van der Waals surface area (Å²) in [6.45, 7) is 11.3. The van der Waals surface area contributed by atoms with Crippen LogP contribution >= 0.6 is 0 Å². The second-order valence-electron chi connectivity index (χ2n) is 9.99. The maximum absolute atomic E-state index is 5.89. The van der Waals surface area contributed by atoms with Crippen molar-refractivity contribution >= 4 is 0 Å². The molecule has 1 atom stereocenters. The van der Waals surface area contributed by atoms with Gasteiger partial charge in [-0.1, -0.05) is 49.3 Å². The Morgan fingerprint density at radius 1 is 0.973 bits per heavy atom. The first-order valence-corrected chi connectivity index (χ1v) is 12.9. The molecule has 0 N–H and O–H groups in total. The molecule has 0 aliphatic carbocycles. The molecule has 4 aromatic rings. The highest BCUT2D eigenvalue weighted by molar-refractivity contribution is 5.58. The van der Waals surface area contributed by atoms with Gasteiger partial charge in [0.25, 0.3) is 0 Å². The van der Waals surface area contributed by atoms with Gasteiger partial charge in [0.2, 0.25) is 0 Å². The summed E-state index contributed by atoms with van der Waals surface area (Å²) in [5, 5.41) is 4.29. The van der Waals surface area contributed by atoms with E-state index >= 15 is 0 Å². The molecule has 0 radical (unpaired) electrons. The second kappa shape index (κ2) is 11.2. The predicted molar refractivity (Wildman–Crippen MR) is 142 cm³/mol. The fourth-order valence-corrected chi connectivity index (χ4v) is 4.68. The van der Waals surface area contributed by atoms with Gasteiger partial charge in [-0.05, 0) is 42.7 Å². The molecule has 0 saturated carbocycles. The van der Waals surface area contributed by atoms with Crippen molar-refractivity contribution in [3.8, 4) is 17.1 Å². The van der Waals surface area contributed by atoms with E-state index in [9.17, 15) is 0 Å². The average Bonchev–Trinajstić information content (AvgIpc) is 3.41. The van der Waals surface area contributed by atoms with E-state index in [1.807, 2.05) is 30.3 Å². The predicted octanol–water partition coefficient (Wildman–Crippen LogP) is 5.50. The smallest absolute Gasteiger partial charge is 0.167 e. The summed E-state index contributed by atoms with van der Waals surface area (Å²) >= 11 is 0. The molecular weight excluding hydrogens is 464 g/mol. The van der Waals surface area contributed by atoms with E-state index in [1.165, 1.54) is 5.56 Å². The third-order valence-electron chi connectivity index (χ3n) is 7.35. The topological polar surface area (TPSA) is 73.5 Å². The molecule has 1 aliphatic heterocycles. The van der Waals surface area contributed by atoms with Gasteiger partial charge in [0, 0.05) is 42.9 Å². The van der Waals surface area contributed by atoms with Crippen LogP contribution in [0, 0.1) is 5.92 Å². The largest absolute Gasteiger partial charge is 0.486 e. The third-order valence-corrected chi connectivity index (χ3v) is 7.35. The van der Waals surface area contributed by atoms with Crippen molar-refractivity contribution in [2.45, 2.75) is 39.3 Å². The Morgan fingerprint density at radius 2 is 1.78 bits per heavy atom. The molecule has 5 rings (SSSR count). The lowest BCUT2D eigenvalue weighted by Gasteiger charge is -2.34. The molecule has 0 spiro atoms. The average molecular weight is 499 g/mol. The standard InChI is InChI=1S/C30H34N4O3/c1-22(2)30(3,29-12-11-27(19-32-29)36-21-25-6-4-5-13-31-25)24-9-7-23(8-10-24)28-18-26(33-37-28)20-34-14-16-35-17-15-34/h4-13,18-19,22H,14-17,20-21H2,1-3H3/t30-/m0/s1. The summed E-state index contributed by atoms with van der Waals surface area (Å²) in [5.74, 6) is 1.85. The number of benzene rings is 1. The minimum absolute atomic E-state index is 0.263. The zero-order valence-corrected chi connectivity index (χ0v) is 21.8. The lowest BCUT2D eigenvalue weighted by Crippen LogP contribution is -2.35. The van der Waals surface area contributed by atoms with Crippen LogP contribution in [0.4, 0.5) is 0 Å². The summed E-state index contributed by atoms with van der Waals surface area (Å²) < 4.78 is 17.0. The van der Waals surface area contributed by atoms with Gasteiger partial charge in [-0.15, -0.1) is 0 Å². The summed E-state index contributed by atoms with van der Waals surface area (Å²) in [7, 11) is 0. The number of ether oxygens (including phenoxy) is 2. The zero-order chi connectivity index (χ0) is 25.7. The van der Waals surface area contributed by atoms with Crippen LogP contribution in [0.1, 0.15) is 43.4 Å². The number of nitrogens with zero attached hydrogens (tertiary/aromatic N) is 4. The normalized spacial score (nSPS) is 16.0. The molecule has 37 heavy (non-hydrogen) atoms. The summed E-state index contributed by atoms with van der Waals surface area (Å²) in [5.41, 5.74) is 4.80. The van der Waals surface area contributed by atoms with Crippen LogP contribution < -0.4 is 4.74 Å². The second-order valence-corrected chi connectivity index (χ2v) is 9.99. The molecule has 1 aromatic carbocycles. The van der Waals surface area contributed by atoms with Gasteiger partial charge in [0.1, 0.15) is 12.4 Å². The molecule has 0 amide bonds. The van der Waals surface area contributed by atoms with Crippen molar-refractivity contribution in [2.75, 3.05) is 26.3 Å². The number of morpholine rings is 1. The molecule has 0 unspecified atom stereocenters. The van der Waals surface area contributed by atoms with E-state index in [-0.39, 0.29) is 5.41 Å². The van der Waals surface area contributed by atoms with Crippen molar-refractivity contribution < 1.29 is 14.0 Å². The Labute approximate surface area is 218 Å². The van der Waals surface area contributed by atoms with Crippen LogP contribution in [0.3, 0.4) is 0 Å². The van der Waals surface area contributed by atoms with Crippen molar-refractivity contribution in [3.05, 3.63) is 95.7 Å². The lowest BCUT2D eigenvalue weighted by molar-refractivity contribution is 0.0332. The first-order chi connectivity index (χ1) is 18.0. The molecule has 192 valence electrons. The molecule has 4 heterocycles. The van der Waals surface area contributed by atoms with Gasteiger partial charge in [-0.3, -0.25) is 14.9 Å².